The molecule has 1 aliphatic rings. The van der Waals surface area contributed by atoms with Gasteiger partial charge < -0.3 is 10.2 Å². The van der Waals surface area contributed by atoms with Gasteiger partial charge in [0.25, 0.3) is 5.91 Å². The van der Waals surface area contributed by atoms with E-state index in [9.17, 15) is 9.18 Å². The van der Waals surface area contributed by atoms with Gasteiger partial charge in [0, 0.05) is 6.42 Å². The molecule has 1 amide bonds. The van der Waals surface area contributed by atoms with E-state index in [4.69, 9.17) is 16.4 Å². The number of amides is 1. The first-order valence-corrected chi connectivity index (χ1v) is 7.05. The largest absolute Gasteiger partial charge is 0.382 e. The Morgan fingerprint density at radius 1 is 1.23 bits per heavy atom. The van der Waals surface area contributed by atoms with Gasteiger partial charge in [-0.05, 0) is 29.8 Å². The van der Waals surface area contributed by atoms with Gasteiger partial charge in [-0.2, -0.15) is 0 Å². The molecule has 0 saturated heterocycles. The third kappa shape index (κ3) is 3.09. The predicted molar refractivity (Wildman–Crippen MR) is 82.5 cm³/mol. The Labute approximate surface area is 131 Å². The zero-order valence-corrected chi connectivity index (χ0v) is 12.2. The van der Waals surface area contributed by atoms with Crippen molar-refractivity contribution in [2.75, 3.05) is 5.32 Å². The number of oxime groups is 1. The van der Waals surface area contributed by atoms with E-state index >= 15 is 0 Å². The van der Waals surface area contributed by atoms with Gasteiger partial charge in [-0.25, -0.2) is 4.39 Å². The molecule has 2 aromatic carbocycles. The SMILES string of the molecule is O=C(Nc1ccccc1Cl)C1CC(c2ccc(F)cc2)=NO1. The number of nitrogens with one attached hydrogen (secondary N) is 1. The van der Waals surface area contributed by atoms with Crippen LogP contribution in [-0.2, 0) is 9.63 Å². The highest BCUT2D eigenvalue weighted by Gasteiger charge is 2.29. The van der Waals surface area contributed by atoms with E-state index in [0.29, 0.717) is 22.8 Å². The third-order valence-corrected chi connectivity index (χ3v) is 3.60. The first-order valence-electron chi connectivity index (χ1n) is 6.67. The minimum Gasteiger partial charge on any atom is -0.382 e. The molecule has 0 spiro atoms. The van der Waals surface area contributed by atoms with Crippen LogP contribution in [0, 0.1) is 5.82 Å². The number of carbonyl (C=O) groups is 1. The molecule has 1 unspecified atom stereocenters. The molecule has 0 saturated carbocycles. The summed E-state index contributed by atoms with van der Waals surface area (Å²) in [7, 11) is 0. The molecule has 6 heteroatoms. The van der Waals surface area contributed by atoms with Crippen molar-refractivity contribution < 1.29 is 14.0 Å². The molecule has 0 radical (unpaired) electrons. The molecule has 1 aliphatic heterocycles. The molecule has 1 heterocycles. The van der Waals surface area contributed by atoms with Crippen LogP contribution in [0.3, 0.4) is 0 Å². The van der Waals surface area contributed by atoms with Crippen molar-refractivity contribution in [1.29, 1.82) is 0 Å². The Morgan fingerprint density at radius 3 is 2.68 bits per heavy atom. The highest BCUT2D eigenvalue weighted by Crippen LogP contribution is 2.23. The van der Waals surface area contributed by atoms with Crippen molar-refractivity contribution in [3.63, 3.8) is 0 Å². The lowest BCUT2D eigenvalue weighted by atomic mass is 10.0. The van der Waals surface area contributed by atoms with Crippen LogP contribution >= 0.6 is 11.6 Å². The Hall–Kier alpha value is -2.40. The summed E-state index contributed by atoms with van der Waals surface area (Å²) in [6, 6.07) is 12.8. The number of halogens is 2. The summed E-state index contributed by atoms with van der Waals surface area (Å²) in [5.41, 5.74) is 1.86. The van der Waals surface area contributed by atoms with E-state index in [-0.39, 0.29) is 11.7 Å². The highest BCUT2D eigenvalue weighted by atomic mass is 35.5. The number of hydrogen-bond acceptors (Lipinski definition) is 3. The van der Waals surface area contributed by atoms with Crippen molar-refractivity contribution in [2.45, 2.75) is 12.5 Å². The zero-order valence-electron chi connectivity index (χ0n) is 11.4. The topological polar surface area (TPSA) is 50.7 Å². The molecule has 0 aromatic heterocycles. The first kappa shape index (κ1) is 14.5. The van der Waals surface area contributed by atoms with Crippen LogP contribution in [0.4, 0.5) is 10.1 Å². The standard InChI is InChI=1S/C16H12ClFN2O2/c17-12-3-1-2-4-13(12)19-16(21)15-9-14(20-22-15)10-5-7-11(18)8-6-10/h1-8,15H,9H2,(H,19,21). The van der Waals surface area contributed by atoms with Crippen molar-refractivity contribution in [1.82, 2.24) is 0 Å². The maximum Gasteiger partial charge on any atom is 0.268 e. The van der Waals surface area contributed by atoms with Crippen molar-refractivity contribution >= 4 is 28.9 Å². The van der Waals surface area contributed by atoms with Crippen LogP contribution in [0.2, 0.25) is 5.02 Å². The number of benzene rings is 2. The quantitative estimate of drug-likeness (QED) is 0.940. The van der Waals surface area contributed by atoms with Gasteiger partial charge in [-0.15, -0.1) is 0 Å². The van der Waals surface area contributed by atoms with Crippen molar-refractivity contribution in [3.05, 3.63) is 64.9 Å². The lowest BCUT2D eigenvalue weighted by Crippen LogP contribution is -2.28. The van der Waals surface area contributed by atoms with Crippen LogP contribution in [-0.4, -0.2) is 17.7 Å². The van der Waals surface area contributed by atoms with E-state index in [1.807, 2.05) is 0 Å². The van der Waals surface area contributed by atoms with Gasteiger partial charge in [-0.1, -0.05) is 41.0 Å². The lowest BCUT2D eigenvalue weighted by molar-refractivity contribution is -0.125. The molecule has 2 aromatic rings. The fraction of sp³-hybridized carbons (Fsp3) is 0.125. The van der Waals surface area contributed by atoms with Crippen molar-refractivity contribution in [2.24, 2.45) is 5.16 Å². The molecule has 22 heavy (non-hydrogen) atoms. The van der Waals surface area contributed by atoms with E-state index in [1.54, 1.807) is 36.4 Å². The molecule has 1 N–H and O–H groups in total. The van der Waals surface area contributed by atoms with Crippen LogP contribution in [0.5, 0.6) is 0 Å². The molecule has 4 nitrogen and oxygen atoms in total. The molecule has 0 bridgehead atoms. The number of rotatable bonds is 3. The monoisotopic (exact) mass is 318 g/mol. The normalized spacial score (nSPS) is 16.8. The molecule has 112 valence electrons. The Balaban J connectivity index is 1.65. The molecule has 1 atom stereocenters. The van der Waals surface area contributed by atoms with E-state index in [2.05, 4.69) is 10.5 Å². The van der Waals surface area contributed by atoms with E-state index in [1.165, 1.54) is 12.1 Å². The van der Waals surface area contributed by atoms with Gasteiger partial charge >= 0.3 is 0 Å². The summed E-state index contributed by atoms with van der Waals surface area (Å²) < 4.78 is 12.9. The van der Waals surface area contributed by atoms with Gasteiger partial charge in [-0.3, -0.25) is 4.79 Å². The van der Waals surface area contributed by atoms with E-state index < -0.39 is 6.10 Å². The third-order valence-electron chi connectivity index (χ3n) is 3.27. The van der Waals surface area contributed by atoms with Gasteiger partial charge in [0.05, 0.1) is 16.4 Å². The summed E-state index contributed by atoms with van der Waals surface area (Å²) in [6.45, 7) is 0. The smallest absolute Gasteiger partial charge is 0.268 e. The lowest BCUT2D eigenvalue weighted by Gasteiger charge is -2.10. The number of anilines is 1. The second-order valence-electron chi connectivity index (χ2n) is 4.81. The zero-order chi connectivity index (χ0) is 15.5. The fourth-order valence-electron chi connectivity index (χ4n) is 2.11. The summed E-state index contributed by atoms with van der Waals surface area (Å²) in [5, 5.41) is 7.06. The Morgan fingerprint density at radius 2 is 1.95 bits per heavy atom. The minimum atomic E-state index is -0.726. The van der Waals surface area contributed by atoms with Crippen LogP contribution in [0.25, 0.3) is 0 Å². The number of hydrogen-bond donors (Lipinski definition) is 1. The molecule has 3 rings (SSSR count). The summed E-state index contributed by atoms with van der Waals surface area (Å²) in [5.74, 6) is -0.648. The Kier molecular flexibility index (Phi) is 4.06. The summed E-state index contributed by atoms with van der Waals surface area (Å²) >= 11 is 5.99. The van der Waals surface area contributed by atoms with Crippen LogP contribution < -0.4 is 5.32 Å². The molecular weight excluding hydrogens is 307 g/mol. The highest BCUT2D eigenvalue weighted by molar-refractivity contribution is 6.33. The van der Waals surface area contributed by atoms with Crippen LogP contribution in [0.15, 0.2) is 53.7 Å². The first-order chi connectivity index (χ1) is 10.6. The average Bonchev–Trinajstić information content (AvgIpc) is 3.00. The van der Waals surface area contributed by atoms with Crippen molar-refractivity contribution in [3.8, 4) is 0 Å². The molecule has 0 fully saturated rings. The summed E-state index contributed by atoms with van der Waals surface area (Å²) in [4.78, 5) is 17.3. The number of para-hydroxylation sites is 1. The second-order valence-corrected chi connectivity index (χ2v) is 5.22. The summed E-state index contributed by atoms with van der Waals surface area (Å²) in [6.07, 6.45) is -0.404. The minimum absolute atomic E-state index is 0.321. The van der Waals surface area contributed by atoms with Gasteiger partial charge in [0.15, 0.2) is 0 Å². The predicted octanol–water partition coefficient (Wildman–Crippen LogP) is 3.61. The molecular formula is C16H12ClFN2O2. The second kappa shape index (κ2) is 6.15. The maximum absolute atomic E-state index is 12.9. The number of carbonyl (C=O) groups excluding carboxylic acids is 1. The fourth-order valence-corrected chi connectivity index (χ4v) is 2.29. The Bertz CT molecular complexity index is 731. The van der Waals surface area contributed by atoms with Crippen LogP contribution in [0.1, 0.15) is 12.0 Å². The molecule has 0 aliphatic carbocycles. The van der Waals surface area contributed by atoms with E-state index in [0.717, 1.165) is 5.56 Å². The average molecular weight is 319 g/mol. The van der Waals surface area contributed by atoms with Gasteiger partial charge in [0.1, 0.15) is 5.82 Å². The number of nitrogens with zero attached hydrogens (tertiary/aromatic N) is 1. The van der Waals surface area contributed by atoms with Gasteiger partial charge in [0.2, 0.25) is 6.10 Å². The maximum atomic E-state index is 12.9.